The third-order valence-corrected chi connectivity index (χ3v) is 6.11. The molecular formula is C26H29N7O2. The molecule has 2 N–H and O–H groups in total. The number of benzene rings is 1. The van der Waals surface area contributed by atoms with E-state index in [4.69, 9.17) is 4.74 Å². The van der Waals surface area contributed by atoms with E-state index in [2.05, 4.69) is 36.2 Å². The molecule has 0 bridgehead atoms. The summed E-state index contributed by atoms with van der Waals surface area (Å²) >= 11 is 0. The smallest absolute Gasteiger partial charge is 0.289 e. The van der Waals surface area contributed by atoms with Crippen LogP contribution in [0.4, 0.5) is 5.69 Å². The highest BCUT2D eigenvalue weighted by Crippen LogP contribution is 2.30. The summed E-state index contributed by atoms with van der Waals surface area (Å²) in [5.41, 5.74) is 4.67. The fourth-order valence-electron chi connectivity index (χ4n) is 4.32. The van der Waals surface area contributed by atoms with Gasteiger partial charge in [0.1, 0.15) is 5.65 Å². The zero-order chi connectivity index (χ0) is 24.2. The molecule has 0 saturated carbocycles. The molecule has 1 aliphatic heterocycles. The average Bonchev–Trinajstić information content (AvgIpc) is 3.32. The van der Waals surface area contributed by atoms with Gasteiger partial charge in [-0.1, -0.05) is 30.3 Å². The van der Waals surface area contributed by atoms with Gasteiger partial charge in [0.2, 0.25) is 5.82 Å². The number of anilines is 1. The molecule has 5 rings (SSSR count). The lowest BCUT2D eigenvalue weighted by atomic mass is 10.1. The van der Waals surface area contributed by atoms with E-state index in [1.165, 1.54) is 0 Å². The molecule has 0 spiro atoms. The first kappa shape index (κ1) is 22.9. The first-order chi connectivity index (χ1) is 17.1. The van der Waals surface area contributed by atoms with E-state index < -0.39 is 0 Å². The summed E-state index contributed by atoms with van der Waals surface area (Å²) in [4.78, 5) is 33.8. The molecule has 9 heteroatoms. The molecule has 1 fully saturated rings. The van der Waals surface area contributed by atoms with Crippen molar-refractivity contribution in [1.29, 1.82) is 0 Å². The fourth-order valence-corrected chi connectivity index (χ4v) is 4.32. The van der Waals surface area contributed by atoms with E-state index in [1.807, 2.05) is 61.7 Å². The van der Waals surface area contributed by atoms with Gasteiger partial charge in [-0.15, -0.1) is 0 Å². The maximum atomic E-state index is 13.0. The SMILES string of the molecule is CN(C)C[C@H](NC(=O)c1ncc(-c2c[nH]c3ncc(N4CCOCC4)cc23)cn1)c1ccccc1. The van der Waals surface area contributed by atoms with Gasteiger partial charge in [-0.05, 0) is 25.7 Å². The zero-order valence-corrected chi connectivity index (χ0v) is 19.9. The number of fused-ring (bicyclic) bond motifs is 1. The number of morpholine rings is 1. The molecule has 9 nitrogen and oxygen atoms in total. The van der Waals surface area contributed by atoms with Crippen LogP contribution >= 0.6 is 0 Å². The number of aromatic amines is 1. The Bertz CT molecular complexity index is 1280. The first-order valence-corrected chi connectivity index (χ1v) is 11.7. The van der Waals surface area contributed by atoms with E-state index in [1.54, 1.807) is 12.4 Å². The second-order valence-corrected chi connectivity index (χ2v) is 8.89. The van der Waals surface area contributed by atoms with Crippen molar-refractivity contribution >= 4 is 22.6 Å². The minimum atomic E-state index is -0.303. The van der Waals surface area contributed by atoms with Crippen molar-refractivity contribution in [2.45, 2.75) is 6.04 Å². The number of nitrogens with zero attached hydrogens (tertiary/aromatic N) is 5. The number of likely N-dealkylation sites (N-methyl/N-ethyl adjacent to an activating group) is 1. The summed E-state index contributed by atoms with van der Waals surface area (Å²) in [5, 5.41) is 4.06. The molecule has 1 saturated heterocycles. The van der Waals surface area contributed by atoms with Crippen LogP contribution in [0.3, 0.4) is 0 Å². The number of rotatable bonds is 7. The Hall–Kier alpha value is -3.82. The number of amides is 1. The topological polar surface area (TPSA) is 99.3 Å². The van der Waals surface area contributed by atoms with Crippen molar-refractivity contribution in [2.75, 3.05) is 51.8 Å². The van der Waals surface area contributed by atoms with Crippen LogP contribution < -0.4 is 10.2 Å². The number of H-pyrrole nitrogens is 1. The number of carbonyl (C=O) groups excluding carboxylic acids is 1. The largest absolute Gasteiger partial charge is 0.378 e. The highest BCUT2D eigenvalue weighted by atomic mass is 16.5. The number of nitrogens with one attached hydrogen (secondary N) is 2. The van der Waals surface area contributed by atoms with Gasteiger partial charge in [-0.3, -0.25) is 4.79 Å². The Morgan fingerprint density at radius 2 is 1.86 bits per heavy atom. The zero-order valence-electron chi connectivity index (χ0n) is 19.9. The van der Waals surface area contributed by atoms with Crippen molar-refractivity contribution < 1.29 is 9.53 Å². The molecule has 180 valence electrons. The summed E-state index contributed by atoms with van der Waals surface area (Å²) in [7, 11) is 3.96. The lowest BCUT2D eigenvalue weighted by Gasteiger charge is -2.28. The Morgan fingerprint density at radius 3 is 2.57 bits per heavy atom. The summed E-state index contributed by atoms with van der Waals surface area (Å²) in [5.74, 6) is -0.164. The third-order valence-electron chi connectivity index (χ3n) is 6.11. The minimum Gasteiger partial charge on any atom is -0.378 e. The number of carbonyl (C=O) groups is 1. The van der Waals surface area contributed by atoms with E-state index in [-0.39, 0.29) is 17.8 Å². The molecule has 1 amide bonds. The van der Waals surface area contributed by atoms with Crippen LogP contribution in [-0.4, -0.2) is 77.7 Å². The van der Waals surface area contributed by atoms with E-state index in [9.17, 15) is 4.79 Å². The van der Waals surface area contributed by atoms with Crippen LogP contribution in [0.1, 0.15) is 22.2 Å². The maximum absolute atomic E-state index is 13.0. The first-order valence-electron chi connectivity index (χ1n) is 11.7. The molecule has 35 heavy (non-hydrogen) atoms. The Morgan fingerprint density at radius 1 is 1.11 bits per heavy atom. The lowest BCUT2D eigenvalue weighted by molar-refractivity contribution is 0.0919. The molecule has 3 aromatic heterocycles. The van der Waals surface area contributed by atoms with Gasteiger partial charge >= 0.3 is 0 Å². The molecular weight excluding hydrogens is 442 g/mol. The molecule has 0 radical (unpaired) electrons. The van der Waals surface area contributed by atoms with Crippen LogP contribution in [0, 0.1) is 0 Å². The van der Waals surface area contributed by atoms with Crippen molar-refractivity contribution in [2.24, 2.45) is 0 Å². The summed E-state index contributed by atoms with van der Waals surface area (Å²) in [6, 6.07) is 11.9. The number of ether oxygens (including phenoxy) is 1. The number of hydrogen-bond donors (Lipinski definition) is 2. The third kappa shape index (κ3) is 5.16. The molecule has 4 aromatic rings. The van der Waals surface area contributed by atoms with Crippen LogP contribution in [0.25, 0.3) is 22.2 Å². The summed E-state index contributed by atoms with van der Waals surface area (Å²) < 4.78 is 5.47. The molecule has 4 heterocycles. The molecule has 0 unspecified atom stereocenters. The number of hydrogen-bond acceptors (Lipinski definition) is 7. The van der Waals surface area contributed by atoms with E-state index in [0.717, 1.165) is 59.7 Å². The summed E-state index contributed by atoms with van der Waals surface area (Å²) in [6.07, 6.45) is 7.17. The van der Waals surface area contributed by atoms with Gasteiger partial charge in [0, 0.05) is 54.7 Å². The predicted octanol–water partition coefficient (Wildman–Crippen LogP) is 2.89. The minimum absolute atomic E-state index is 0.139. The number of aromatic nitrogens is 4. The second kappa shape index (κ2) is 10.2. The monoisotopic (exact) mass is 471 g/mol. The molecule has 1 aliphatic rings. The van der Waals surface area contributed by atoms with Crippen LogP contribution in [0.5, 0.6) is 0 Å². The van der Waals surface area contributed by atoms with Gasteiger partial charge in [0.05, 0.1) is 31.1 Å². The van der Waals surface area contributed by atoms with Crippen LogP contribution in [0.15, 0.2) is 61.2 Å². The number of pyridine rings is 1. The molecule has 1 aromatic carbocycles. The Kier molecular flexibility index (Phi) is 6.69. The average molecular weight is 472 g/mol. The van der Waals surface area contributed by atoms with Crippen molar-refractivity contribution in [3.05, 3.63) is 72.6 Å². The van der Waals surface area contributed by atoms with E-state index >= 15 is 0 Å². The van der Waals surface area contributed by atoms with Crippen molar-refractivity contribution in [3.63, 3.8) is 0 Å². The normalized spacial score (nSPS) is 14.9. The highest BCUT2D eigenvalue weighted by molar-refractivity contribution is 5.95. The van der Waals surface area contributed by atoms with Crippen molar-refractivity contribution in [1.82, 2.24) is 30.2 Å². The Balaban J connectivity index is 1.36. The van der Waals surface area contributed by atoms with Gasteiger partial charge in [-0.25, -0.2) is 15.0 Å². The van der Waals surface area contributed by atoms with Crippen molar-refractivity contribution in [3.8, 4) is 11.1 Å². The van der Waals surface area contributed by atoms with Crippen LogP contribution in [0.2, 0.25) is 0 Å². The lowest BCUT2D eigenvalue weighted by Crippen LogP contribution is -2.36. The molecule has 0 aliphatic carbocycles. The van der Waals surface area contributed by atoms with E-state index in [0.29, 0.717) is 6.54 Å². The highest BCUT2D eigenvalue weighted by Gasteiger charge is 2.19. The van der Waals surface area contributed by atoms with Gasteiger partial charge in [-0.2, -0.15) is 0 Å². The standard InChI is InChI=1S/C26H29N7O2/c1-32(2)17-23(18-6-4-3-5-7-18)31-26(34)25-27-13-19(14-28-25)22-16-30-24-21(22)12-20(15-29-24)33-8-10-35-11-9-33/h3-7,12-16,23H,8-11,17H2,1-2H3,(H,29,30)(H,31,34)/t23-/m0/s1. The molecule has 1 atom stereocenters. The summed E-state index contributed by atoms with van der Waals surface area (Å²) in [6.45, 7) is 3.79. The second-order valence-electron chi connectivity index (χ2n) is 8.89. The van der Waals surface area contributed by atoms with Gasteiger partial charge in [0.15, 0.2) is 0 Å². The van der Waals surface area contributed by atoms with Gasteiger partial charge in [0.25, 0.3) is 5.91 Å². The Labute approximate surface area is 204 Å². The fraction of sp³-hybridized carbons (Fsp3) is 0.308. The van der Waals surface area contributed by atoms with Gasteiger partial charge < -0.3 is 24.8 Å². The van der Waals surface area contributed by atoms with Crippen LogP contribution in [-0.2, 0) is 4.74 Å². The maximum Gasteiger partial charge on any atom is 0.289 e. The predicted molar refractivity (Wildman–Crippen MR) is 135 cm³/mol. The quantitative estimate of drug-likeness (QED) is 0.428.